The number of nitrogens with zero attached hydrogens (tertiary/aromatic N) is 1. The molecule has 1 aromatic rings. The molecule has 3 aliphatic heterocycles. The third-order valence-corrected chi connectivity index (χ3v) is 5.45. The number of hydrogen-bond donors (Lipinski definition) is 0. The fourth-order valence-corrected chi connectivity index (χ4v) is 4.25. The van der Waals surface area contributed by atoms with Gasteiger partial charge in [-0.3, -0.25) is 4.79 Å². The topological polar surface area (TPSA) is 38.8 Å². The second-order valence-corrected chi connectivity index (χ2v) is 7.20. The fourth-order valence-electron chi connectivity index (χ4n) is 4.25. The molecule has 5 heteroatoms. The highest BCUT2D eigenvalue weighted by molar-refractivity contribution is 5.80. The summed E-state index contributed by atoms with van der Waals surface area (Å²) in [6.07, 6.45) is 5.34. The Morgan fingerprint density at radius 1 is 1.29 bits per heavy atom. The van der Waals surface area contributed by atoms with Gasteiger partial charge in [-0.1, -0.05) is 12.1 Å². The van der Waals surface area contributed by atoms with Crippen LogP contribution in [0.3, 0.4) is 0 Å². The summed E-state index contributed by atoms with van der Waals surface area (Å²) in [7, 11) is 0. The molecule has 2 bridgehead atoms. The highest BCUT2D eigenvalue weighted by atomic mass is 19.1. The van der Waals surface area contributed by atoms with Gasteiger partial charge in [0.1, 0.15) is 5.82 Å². The molecule has 4 nitrogen and oxygen atoms in total. The van der Waals surface area contributed by atoms with E-state index in [2.05, 4.69) is 0 Å². The molecule has 1 aromatic carbocycles. The largest absolute Gasteiger partial charge is 0.376 e. The van der Waals surface area contributed by atoms with E-state index in [0.29, 0.717) is 13.1 Å². The monoisotopic (exact) mass is 333 g/mol. The summed E-state index contributed by atoms with van der Waals surface area (Å²) in [6.45, 7) is 1.79. The number of hydrogen-bond acceptors (Lipinski definition) is 3. The zero-order chi connectivity index (χ0) is 16.5. The number of carbonyl (C=O) groups excluding carboxylic acids is 1. The van der Waals surface area contributed by atoms with Crippen LogP contribution in [0, 0.1) is 11.7 Å². The van der Waals surface area contributed by atoms with E-state index in [9.17, 15) is 9.18 Å². The molecule has 0 N–H and O–H groups in total. The maximum Gasteiger partial charge on any atom is 0.228 e. The molecule has 1 amide bonds. The molecule has 0 aliphatic carbocycles. The number of fused-ring (bicyclic) bond motifs is 2. The summed E-state index contributed by atoms with van der Waals surface area (Å²) in [5.41, 5.74) is 0.824. The van der Waals surface area contributed by atoms with E-state index in [1.807, 2.05) is 11.0 Å². The van der Waals surface area contributed by atoms with Gasteiger partial charge in [-0.25, -0.2) is 4.39 Å². The molecule has 3 aliphatic rings. The van der Waals surface area contributed by atoms with Crippen LogP contribution in [-0.4, -0.2) is 42.3 Å². The predicted octanol–water partition coefficient (Wildman–Crippen LogP) is 2.90. The molecule has 24 heavy (non-hydrogen) atoms. The molecule has 130 valence electrons. The normalized spacial score (nSPS) is 31.5. The van der Waals surface area contributed by atoms with Crippen molar-refractivity contribution >= 4 is 5.91 Å². The van der Waals surface area contributed by atoms with Crippen LogP contribution in [0.15, 0.2) is 24.3 Å². The first-order chi connectivity index (χ1) is 11.7. The Morgan fingerprint density at radius 3 is 2.88 bits per heavy atom. The average Bonchev–Trinajstić information content (AvgIpc) is 3.31. The lowest BCUT2D eigenvalue weighted by Crippen LogP contribution is -2.43. The Balaban J connectivity index is 1.49. The van der Waals surface area contributed by atoms with Gasteiger partial charge in [-0.15, -0.1) is 0 Å². The number of amides is 1. The third kappa shape index (κ3) is 3.33. The van der Waals surface area contributed by atoms with Gasteiger partial charge < -0.3 is 14.4 Å². The molecule has 0 spiro atoms. The third-order valence-electron chi connectivity index (χ3n) is 5.45. The highest BCUT2D eigenvalue weighted by Gasteiger charge is 2.46. The van der Waals surface area contributed by atoms with Crippen LogP contribution in [0.1, 0.15) is 37.7 Å². The van der Waals surface area contributed by atoms with Crippen molar-refractivity contribution in [3.8, 4) is 0 Å². The second kappa shape index (κ2) is 6.81. The lowest BCUT2D eigenvalue weighted by Gasteiger charge is -2.30. The SMILES string of the molecule is O=C(C1CC2CCC1O2)N(Cc1cccc(F)c1)CC1CCCO1. The quantitative estimate of drug-likeness (QED) is 0.832. The van der Waals surface area contributed by atoms with E-state index in [4.69, 9.17) is 9.47 Å². The Labute approximate surface area is 141 Å². The van der Waals surface area contributed by atoms with Gasteiger partial charge in [0.2, 0.25) is 5.91 Å². The molecular weight excluding hydrogens is 309 g/mol. The number of ether oxygens (including phenoxy) is 2. The number of carbonyl (C=O) groups is 1. The minimum absolute atomic E-state index is 0.0429. The molecule has 0 radical (unpaired) electrons. The first-order valence-corrected chi connectivity index (χ1v) is 8.99. The molecule has 4 unspecified atom stereocenters. The van der Waals surface area contributed by atoms with Gasteiger partial charge in [0.05, 0.1) is 24.2 Å². The van der Waals surface area contributed by atoms with Crippen LogP contribution in [0.5, 0.6) is 0 Å². The van der Waals surface area contributed by atoms with Crippen molar-refractivity contribution < 1.29 is 18.7 Å². The minimum atomic E-state index is -0.264. The fraction of sp³-hybridized carbons (Fsp3) is 0.632. The zero-order valence-corrected chi connectivity index (χ0v) is 13.8. The molecule has 3 heterocycles. The maximum atomic E-state index is 13.5. The summed E-state index contributed by atoms with van der Waals surface area (Å²) in [5.74, 6) is -0.166. The first-order valence-electron chi connectivity index (χ1n) is 8.99. The van der Waals surface area contributed by atoms with Gasteiger partial charge in [0, 0.05) is 19.7 Å². The van der Waals surface area contributed by atoms with E-state index in [1.165, 1.54) is 12.1 Å². The molecule has 0 saturated carbocycles. The van der Waals surface area contributed by atoms with Crippen LogP contribution in [-0.2, 0) is 20.8 Å². The lowest BCUT2D eigenvalue weighted by molar-refractivity contribution is -0.139. The van der Waals surface area contributed by atoms with Crippen molar-refractivity contribution in [2.75, 3.05) is 13.2 Å². The molecule has 3 saturated heterocycles. The molecule has 4 atom stereocenters. The zero-order valence-electron chi connectivity index (χ0n) is 13.8. The standard InChI is InChI=1S/C19H24FNO3/c20-14-4-1-3-13(9-14)11-21(12-16-5-2-8-23-16)19(22)17-10-15-6-7-18(17)24-15/h1,3-4,9,15-18H,2,5-8,10-12H2. The van der Waals surface area contributed by atoms with Crippen molar-refractivity contribution in [3.63, 3.8) is 0 Å². The summed E-state index contributed by atoms with van der Waals surface area (Å²) in [4.78, 5) is 15.0. The highest BCUT2D eigenvalue weighted by Crippen LogP contribution is 2.40. The van der Waals surface area contributed by atoms with Crippen molar-refractivity contribution in [3.05, 3.63) is 35.6 Å². The Bertz CT molecular complexity index is 602. The number of benzene rings is 1. The molecule has 0 aromatic heterocycles. The van der Waals surface area contributed by atoms with Crippen LogP contribution in [0.2, 0.25) is 0 Å². The lowest BCUT2D eigenvalue weighted by atomic mass is 9.88. The Hall–Kier alpha value is -1.46. The number of halogens is 1. The summed E-state index contributed by atoms with van der Waals surface area (Å²) >= 11 is 0. The van der Waals surface area contributed by atoms with Gasteiger partial charge in [0.25, 0.3) is 0 Å². The van der Waals surface area contributed by atoms with Crippen molar-refractivity contribution in [2.24, 2.45) is 5.92 Å². The van der Waals surface area contributed by atoms with Crippen molar-refractivity contribution in [1.82, 2.24) is 4.90 Å². The van der Waals surface area contributed by atoms with Gasteiger partial charge in [-0.05, 0) is 49.8 Å². The van der Waals surface area contributed by atoms with Crippen LogP contribution < -0.4 is 0 Å². The van der Waals surface area contributed by atoms with Crippen LogP contribution in [0.4, 0.5) is 4.39 Å². The first kappa shape index (κ1) is 16.0. The van der Waals surface area contributed by atoms with Gasteiger partial charge in [-0.2, -0.15) is 0 Å². The summed E-state index contributed by atoms with van der Waals surface area (Å²) < 4.78 is 25.1. The summed E-state index contributed by atoms with van der Waals surface area (Å²) in [6, 6.07) is 6.50. The van der Waals surface area contributed by atoms with Crippen LogP contribution in [0.25, 0.3) is 0 Å². The van der Waals surface area contributed by atoms with Gasteiger partial charge >= 0.3 is 0 Å². The van der Waals surface area contributed by atoms with E-state index in [0.717, 1.165) is 44.3 Å². The van der Waals surface area contributed by atoms with E-state index in [-0.39, 0.29) is 36.0 Å². The van der Waals surface area contributed by atoms with E-state index < -0.39 is 0 Å². The molecule has 3 fully saturated rings. The van der Waals surface area contributed by atoms with E-state index >= 15 is 0 Å². The molecular formula is C19H24FNO3. The van der Waals surface area contributed by atoms with Crippen LogP contribution >= 0.6 is 0 Å². The van der Waals surface area contributed by atoms with Crippen molar-refractivity contribution in [2.45, 2.75) is 57.0 Å². The smallest absolute Gasteiger partial charge is 0.228 e. The van der Waals surface area contributed by atoms with Crippen molar-refractivity contribution in [1.29, 1.82) is 0 Å². The van der Waals surface area contributed by atoms with E-state index in [1.54, 1.807) is 6.07 Å². The number of rotatable bonds is 5. The average molecular weight is 333 g/mol. The predicted molar refractivity (Wildman–Crippen MR) is 86.8 cm³/mol. The Kier molecular flexibility index (Phi) is 4.55. The second-order valence-electron chi connectivity index (χ2n) is 7.20. The molecule has 4 rings (SSSR count). The minimum Gasteiger partial charge on any atom is -0.376 e. The van der Waals surface area contributed by atoms with Gasteiger partial charge in [0.15, 0.2) is 0 Å². The summed E-state index contributed by atoms with van der Waals surface area (Å²) in [5, 5.41) is 0. The Morgan fingerprint density at radius 2 is 2.21 bits per heavy atom. The maximum absolute atomic E-state index is 13.5.